The Labute approximate surface area is 39.6 Å². The standard InChI is InChI=1S/C4H5F3/c1-3(5)4(2,6)7/h1H2,2H3. The van der Waals surface area contributed by atoms with Crippen molar-refractivity contribution in [2.45, 2.75) is 12.8 Å². The Morgan fingerprint density at radius 3 is 1.71 bits per heavy atom. The summed E-state index contributed by atoms with van der Waals surface area (Å²) in [7, 11) is 0. The van der Waals surface area contributed by atoms with Gasteiger partial charge in [0, 0.05) is 6.92 Å². The van der Waals surface area contributed by atoms with Gasteiger partial charge in [0.15, 0.2) is 5.83 Å². The molecule has 0 aromatic carbocycles. The molecule has 0 radical (unpaired) electrons. The van der Waals surface area contributed by atoms with Crippen LogP contribution in [0.5, 0.6) is 0 Å². The van der Waals surface area contributed by atoms with Crippen LogP contribution in [-0.2, 0) is 0 Å². The highest BCUT2D eigenvalue weighted by molar-refractivity contribution is 4.93. The van der Waals surface area contributed by atoms with Gasteiger partial charge >= 0.3 is 0 Å². The van der Waals surface area contributed by atoms with Crippen LogP contribution in [-0.4, -0.2) is 5.92 Å². The lowest BCUT2D eigenvalue weighted by Gasteiger charge is -2.02. The van der Waals surface area contributed by atoms with Crippen LogP contribution in [0.4, 0.5) is 13.2 Å². The highest BCUT2D eigenvalue weighted by atomic mass is 19.3. The van der Waals surface area contributed by atoms with Gasteiger partial charge in [0.05, 0.1) is 0 Å². The topological polar surface area (TPSA) is 0 Å². The lowest BCUT2D eigenvalue weighted by Crippen LogP contribution is -2.08. The third kappa shape index (κ3) is 2.25. The van der Waals surface area contributed by atoms with Crippen molar-refractivity contribution in [3.63, 3.8) is 0 Å². The van der Waals surface area contributed by atoms with Gasteiger partial charge in [0.1, 0.15) is 0 Å². The van der Waals surface area contributed by atoms with Crippen LogP contribution >= 0.6 is 0 Å². The van der Waals surface area contributed by atoms with E-state index in [9.17, 15) is 13.2 Å². The predicted octanol–water partition coefficient (Wildman–Crippen LogP) is 2.12. The van der Waals surface area contributed by atoms with Crippen molar-refractivity contribution in [2.75, 3.05) is 0 Å². The SMILES string of the molecule is C=C(F)C(C)(F)F. The number of rotatable bonds is 1. The summed E-state index contributed by atoms with van der Waals surface area (Å²) in [6.07, 6.45) is 0. The molecular formula is C4H5F3. The number of alkyl halides is 2. The van der Waals surface area contributed by atoms with Crippen molar-refractivity contribution in [3.8, 4) is 0 Å². The molecule has 0 aromatic heterocycles. The molecule has 0 saturated carbocycles. The minimum atomic E-state index is -3.36. The molecule has 3 heteroatoms. The van der Waals surface area contributed by atoms with Crippen molar-refractivity contribution < 1.29 is 13.2 Å². The van der Waals surface area contributed by atoms with E-state index in [4.69, 9.17) is 0 Å². The third-order valence-corrected chi connectivity index (χ3v) is 0.476. The van der Waals surface area contributed by atoms with E-state index in [1.807, 2.05) is 0 Å². The fraction of sp³-hybridized carbons (Fsp3) is 0.500. The minimum Gasteiger partial charge on any atom is -0.206 e. The molecular weight excluding hydrogens is 105 g/mol. The van der Waals surface area contributed by atoms with Crippen molar-refractivity contribution in [2.24, 2.45) is 0 Å². The zero-order chi connectivity index (χ0) is 6.08. The maximum absolute atomic E-state index is 11.4. The Bertz CT molecular complexity index is 79.4. The first-order valence-corrected chi connectivity index (χ1v) is 1.67. The fourth-order valence-electron chi connectivity index (χ4n) is 0. The fourth-order valence-corrected chi connectivity index (χ4v) is 0. The summed E-state index contributed by atoms with van der Waals surface area (Å²) in [6, 6.07) is 0. The van der Waals surface area contributed by atoms with Gasteiger partial charge in [-0.1, -0.05) is 6.58 Å². The van der Waals surface area contributed by atoms with Gasteiger partial charge in [0.25, 0.3) is 5.92 Å². The summed E-state index contributed by atoms with van der Waals surface area (Å²) in [6.45, 7) is 2.86. The molecule has 0 heterocycles. The highest BCUT2D eigenvalue weighted by Gasteiger charge is 2.25. The molecule has 0 aliphatic carbocycles. The second-order valence-electron chi connectivity index (χ2n) is 1.29. The Hall–Kier alpha value is -0.470. The summed E-state index contributed by atoms with van der Waals surface area (Å²) in [5.74, 6) is -4.95. The van der Waals surface area contributed by atoms with Crippen LogP contribution in [0, 0.1) is 0 Å². The number of hydrogen-bond donors (Lipinski definition) is 0. The maximum Gasteiger partial charge on any atom is 0.295 e. The predicted molar refractivity (Wildman–Crippen MR) is 20.9 cm³/mol. The van der Waals surface area contributed by atoms with Crippen LogP contribution in [0.1, 0.15) is 6.92 Å². The molecule has 0 amide bonds. The largest absolute Gasteiger partial charge is 0.295 e. The highest BCUT2D eigenvalue weighted by Crippen LogP contribution is 2.21. The van der Waals surface area contributed by atoms with Gasteiger partial charge < -0.3 is 0 Å². The summed E-state index contributed by atoms with van der Waals surface area (Å²) in [4.78, 5) is 0. The zero-order valence-corrected chi connectivity index (χ0v) is 3.84. The first-order chi connectivity index (χ1) is 2.94. The Kier molecular flexibility index (Phi) is 1.45. The molecule has 0 spiro atoms. The molecule has 0 aliphatic rings. The van der Waals surface area contributed by atoms with E-state index in [-0.39, 0.29) is 0 Å². The van der Waals surface area contributed by atoms with Crippen molar-refractivity contribution in [3.05, 3.63) is 12.4 Å². The molecule has 42 valence electrons. The Morgan fingerprint density at radius 1 is 1.57 bits per heavy atom. The van der Waals surface area contributed by atoms with Gasteiger partial charge in [-0.15, -0.1) is 0 Å². The molecule has 0 saturated heterocycles. The van der Waals surface area contributed by atoms with Gasteiger partial charge in [0.2, 0.25) is 0 Å². The maximum atomic E-state index is 11.4. The van der Waals surface area contributed by atoms with Gasteiger partial charge in [-0.2, -0.15) is 8.78 Å². The van der Waals surface area contributed by atoms with E-state index >= 15 is 0 Å². The number of hydrogen-bond acceptors (Lipinski definition) is 0. The Morgan fingerprint density at radius 2 is 1.71 bits per heavy atom. The molecule has 0 rings (SSSR count). The average Bonchev–Trinajstić information content (AvgIpc) is 1.31. The number of halogens is 3. The second-order valence-corrected chi connectivity index (χ2v) is 1.29. The lowest BCUT2D eigenvalue weighted by molar-refractivity contribution is 0.0395. The molecule has 0 aliphatic heterocycles. The second kappa shape index (κ2) is 1.56. The van der Waals surface area contributed by atoms with Crippen molar-refractivity contribution in [1.82, 2.24) is 0 Å². The number of allylic oxidation sites excluding steroid dienone is 1. The van der Waals surface area contributed by atoms with Crippen LogP contribution in [0.15, 0.2) is 12.4 Å². The van der Waals surface area contributed by atoms with Crippen LogP contribution < -0.4 is 0 Å². The summed E-state index contributed by atoms with van der Waals surface area (Å²) in [5.41, 5.74) is 0. The normalized spacial score (nSPS) is 11.4. The van der Waals surface area contributed by atoms with Gasteiger partial charge in [-0.05, 0) is 0 Å². The van der Waals surface area contributed by atoms with Gasteiger partial charge in [-0.3, -0.25) is 0 Å². The molecule has 0 unspecified atom stereocenters. The molecule has 0 nitrogen and oxygen atoms in total. The van der Waals surface area contributed by atoms with Crippen molar-refractivity contribution in [1.29, 1.82) is 0 Å². The van der Waals surface area contributed by atoms with E-state index < -0.39 is 11.7 Å². The van der Waals surface area contributed by atoms with E-state index in [1.165, 1.54) is 0 Å². The van der Waals surface area contributed by atoms with E-state index in [2.05, 4.69) is 6.58 Å². The molecule has 0 bridgehead atoms. The quantitative estimate of drug-likeness (QED) is 0.485. The van der Waals surface area contributed by atoms with E-state index in [0.717, 1.165) is 0 Å². The molecule has 0 N–H and O–H groups in total. The lowest BCUT2D eigenvalue weighted by atomic mass is 10.4. The first kappa shape index (κ1) is 6.53. The first-order valence-electron chi connectivity index (χ1n) is 1.67. The van der Waals surface area contributed by atoms with E-state index in [0.29, 0.717) is 6.92 Å². The molecule has 0 atom stereocenters. The smallest absolute Gasteiger partial charge is 0.206 e. The Balaban J connectivity index is 3.79. The molecule has 0 fully saturated rings. The van der Waals surface area contributed by atoms with Crippen LogP contribution in [0.2, 0.25) is 0 Å². The van der Waals surface area contributed by atoms with Gasteiger partial charge in [-0.25, -0.2) is 4.39 Å². The van der Waals surface area contributed by atoms with Crippen LogP contribution in [0.3, 0.4) is 0 Å². The minimum absolute atomic E-state index is 0.454. The van der Waals surface area contributed by atoms with Crippen LogP contribution in [0.25, 0.3) is 0 Å². The summed E-state index contributed by atoms with van der Waals surface area (Å²) in [5, 5.41) is 0. The molecule has 7 heavy (non-hydrogen) atoms. The van der Waals surface area contributed by atoms with Crippen molar-refractivity contribution >= 4 is 0 Å². The zero-order valence-electron chi connectivity index (χ0n) is 3.84. The molecule has 0 aromatic rings. The average molecular weight is 110 g/mol. The van der Waals surface area contributed by atoms with E-state index in [1.54, 1.807) is 0 Å². The summed E-state index contributed by atoms with van der Waals surface area (Å²) >= 11 is 0. The monoisotopic (exact) mass is 110 g/mol. The summed E-state index contributed by atoms with van der Waals surface area (Å²) < 4.78 is 34.0. The third-order valence-electron chi connectivity index (χ3n) is 0.476.